The summed E-state index contributed by atoms with van der Waals surface area (Å²) in [6.45, 7) is 1.03. The van der Waals surface area contributed by atoms with Crippen LogP contribution >= 0.6 is 0 Å². The van der Waals surface area contributed by atoms with Crippen LogP contribution in [-0.2, 0) is 23.9 Å². The standard InChI is InChI=1S/C22H22N2O7/c1-12(25)31-18(10-19(23)26)20(21(27)28)24-22(29)30-11-17-15-8-4-2-6-13(15)14-7-3-5-9-16(14)17/h2-9,17-18,20H,10-11H2,1H3,(H2,23,26)(H,24,29)(H,27,28)/t18-,20+/m1/s1. The molecule has 0 aromatic heterocycles. The SMILES string of the molecule is CC(=O)O[C@H](CC(N)=O)[C@H](NC(=O)OCC1c2ccccc2-c2ccccc21)C(=O)O. The molecule has 0 aliphatic heterocycles. The number of carbonyl (C=O) groups excluding carboxylic acids is 3. The van der Waals surface area contributed by atoms with Crippen molar-refractivity contribution < 1.29 is 33.8 Å². The van der Waals surface area contributed by atoms with Crippen LogP contribution < -0.4 is 11.1 Å². The maximum atomic E-state index is 12.4. The molecule has 9 nitrogen and oxygen atoms in total. The van der Waals surface area contributed by atoms with E-state index in [2.05, 4.69) is 5.32 Å². The van der Waals surface area contributed by atoms with Crippen molar-refractivity contribution >= 4 is 23.9 Å². The van der Waals surface area contributed by atoms with E-state index in [1.165, 1.54) is 0 Å². The molecule has 3 rings (SSSR count). The minimum Gasteiger partial charge on any atom is -0.480 e. The molecule has 1 aliphatic rings. The summed E-state index contributed by atoms with van der Waals surface area (Å²) in [4.78, 5) is 46.5. The van der Waals surface area contributed by atoms with Crippen molar-refractivity contribution in [2.24, 2.45) is 5.73 Å². The van der Waals surface area contributed by atoms with Gasteiger partial charge in [0.25, 0.3) is 0 Å². The third-order valence-corrected chi connectivity index (χ3v) is 4.97. The average molecular weight is 426 g/mol. The van der Waals surface area contributed by atoms with E-state index in [0.29, 0.717) is 0 Å². The molecular formula is C22H22N2O7. The minimum absolute atomic E-state index is 0.0275. The highest BCUT2D eigenvalue weighted by molar-refractivity contribution is 5.83. The monoisotopic (exact) mass is 426 g/mol. The number of ether oxygens (including phenoxy) is 2. The Morgan fingerprint density at radius 3 is 2.06 bits per heavy atom. The average Bonchev–Trinajstić information content (AvgIpc) is 3.03. The van der Waals surface area contributed by atoms with Crippen molar-refractivity contribution in [1.29, 1.82) is 0 Å². The van der Waals surface area contributed by atoms with E-state index in [4.69, 9.17) is 15.2 Å². The fraction of sp³-hybridized carbons (Fsp3) is 0.273. The lowest BCUT2D eigenvalue weighted by Gasteiger charge is -2.23. The molecule has 0 unspecified atom stereocenters. The fourth-order valence-electron chi connectivity index (χ4n) is 3.72. The Kier molecular flexibility index (Phi) is 6.54. The first-order valence-electron chi connectivity index (χ1n) is 9.57. The number of nitrogens with one attached hydrogen (secondary N) is 1. The van der Waals surface area contributed by atoms with Gasteiger partial charge in [0.1, 0.15) is 12.7 Å². The maximum absolute atomic E-state index is 12.4. The van der Waals surface area contributed by atoms with Crippen LogP contribution in [0.25, 0.3) is 11.1 Å². The normalized spacial score (nSPS) is 14.0. The summed E-state index contributed by atoms with van der Waals surface area (Å²) in [5.74, 6) is -3.41. The molecular weight excluding hydrogens is 404 g/mol. The number of benzene rings is 2. The van der Waals surface area contributed by atoms with Crippen LogP contribution in [0.2, 0.25) is 0 Å². The third kappa shape index (κ3) is 5.00. The molecule has 162 valence electrons. The van der Waals surface area contributed by atoms with Gasteiger partial charge in [0.15, 0.2) is 6.04 Å². The Balaban J connectivity index is 1.72. The number of carboxylic acids is 1. The molecule has 1 aliphatic carbocycles. The summed E-state index contributed by atoms with van der Waals surface area (Å²) >= 11 is 0. The molecule has 2 aromatic carbocycles. The van der Waals surface area contributed by atoms with Crippen LogP contribution in [-0.4, -0.2) is 47.8 Å². The number of primary amides is 1. The van der Waals surface area contributed by atoms with Gasteiger partial charge >= 0.3 is 18.0 Å². The molecule has 0 bridgehead atoms. The predicted molar refractivity (Wildman–Crippen MR) is 109 cm³/mol. The number of aliphatic carboxylic acids is 1. The lowest BCUT2D eigenvalue weighted by Crippen LogP contribution is -2.51. The van der Waals surface area contributed by atoms with Gasteiger partial charge in [0.2, 0.25) is 5.91 Å². The lowest BCUT2D eigenvalue weighted by atomic mass is 9.98. The van der Waals surface area contributed by atoms with Gasteiger partial charge in [-0.05, 0) is 22.3 Å². The summed E-state index contributed by atoms with van der Waals surface area (Å²) < 4.78 is 10.2. The molecule has 0 saturated carbocycles. The van der Waals surface area contributed by atoms with Crippen molar-refractivity contribution in [2.75, 3.05) is 6.61 Å². The van der Waals surface area contributed by atoms with Gasteiger partial charge < -0.3 is 25.6 Å². The van der Waals surface area contributed by atoms with Crippen molar-refractivity contribution in [3.8, 4) is 11.1 Å². The second kappa shape index (κ2) is 9.29. The number of fused-ring (bicyclic) bond motifs is 3. The van der Waals surface area contributed by atoms with Crippen LogP contribution in [0.1, 0.15) is 30.4 Å². The largest absolute Gasteiger partial charge is 0.480 e. The topological polar surface area (TPSA) is 145 Å². The highest BCUT2D eigenvalue weighted by atomic mass is 16.6. The molecule has 4 N–H and O–H groups in total. The molecule has 0 spiro atoms. The second-order valence-electron chi connectivity index (χ2n) is 7.10. The van der Waals surface area contributed by atoms with Gasteiger partial charge in [-0.2, -0.15) is 0 Å². The van der Waals surface area contributed by atoms with Gasteiger partial charge in [0, 0.05) is 12.8 Å². The zero-order valence-electron chi connectivity index (χ0n) is 16.7. The van der Waals surface area contributed by atoms with Gasteiger partial charge in [-0.25, -0.2) is 9.59 Å². The van der Waals surface area contributed by atoms with Crippen molar-refractivity contribution in [3.63, 3.8) is 0 Å². The summed E-state index contributed by atoms with van der Waals surface area (Å²) in [5.41, 5.74) is 9.19. The summed E-state index contributed by atoms with van der Waals surface area (Å²) in [5, 5.41) is 11.6. The molecule has 0 radical (unpaired) electrons. The van der Waals surface area contributed by atoms with Gasteiger partial charge in [0.05, 0.1) is 6.42 Å². The Morgan fingerprint density at radius 2 is 1.58 bits per heavy atom. The van der Waals surface area contributed by atoms with Crippen LogP contribution in [0.3, 0.4) is 0 Å². The molecule has 2 amide bonds. The van der Waals surface area contributed by atoms with E-state index in [0.717, 1.165) is 29.2 Å². The molecule has 9 heteroatoms. The summed E-state index contributed by atoms with van der Waals surface area (Å²) in [7, 11) is 0. The number of nitrogens with two attached hydrogens (primary N) is 1. The Bertz CT molecular complexity index is 959. The number of esters is 1. The predicted octanol–water partition coefficient (Wildman–Crippen LogP) is 1.79. The zero-order chi connectivity index (χ0) is 22.5. The molecule has 31 heavy (non-hydrogen) atoms. The maximum Gasteiger partial charge on any atom is 0.407 e. The van der Waals surface area contributed by atoms with Gasteiger partial charge in [-0.1, -0.05) is 48.5 Å². The number of hydrogen-bond acceptors (Lipinski definition) is 6. The number of alkyl carbamates (subject to hydrolysis) is 1. The van der Waals surface area contributed by atoms with E-state index in [1.54, 1.807) is 0 Å². The number of amides is 2. The molecule has 0 fully saturated rings. The first kappa shape index (κ1) is 21.8. The first-order chi connectivity index (χ1) is 14.8. The molecule has 0 heterocycles. The zero-order valence-corrected chi connectivity index (χ0v) is 16.7. The number of rotatable bonds is 8. The summed E-state index contributed by atoms with van der Waals surface area (Å²) in [6, 6.07) is 13.8. The van der Waals surface area contributed by atoms with E-state index in [9.17, 15) is 24.3 Å². The number of carboxylic acid groups (broad SMARTS) is 1. The van der Waals surface area contributed by atoms with Crippen LogP contribution in [0.5, 0.6) is 0 Å². The lowest BCUT2D eigenvalue weighted by molar-refractivity contribution is -0.154. The number of hydrogen-bond donors (Lipinski definition) is 3. The van der Waals surface area contributed by atoms with Gasteiger partial charge in [-0.15, -0.1) is 0 Å². The molecule has 0 saturated heterocycles. The van der Waals surface area contributed by atoms with E-state index in [-0.39, 0.29) is 12.5 Å². The van der Waals surface area contributed by atoms with E-state index < -0.39 is 42.5 Å². The first-order valence-corrected chi connectivity index (χ1v) is 9.57. The Labute approximate surface area is 178 Å². The second-order valence-corrected chi connectivity index (χ2v) is 7.10. The Hall–Kier alpha value is -3.88. The summed E-state index contributed by atoms with van der Waals surface area (Å²) in [6.07, 6.45) is -3.05. The van der Waals surface area contributed by atoms with E-state index >= 15 is 0 Å². The van der Waals surface area contributed by atoms with E-state index in [1.807, 2.05) is 48.5 Å². The quantitative estimate of drug-likeness (QED) is 0.546. The smallest absolute Gasteiger partial charge is 0.407 e. The minimum atomic E-state index is -1.70. The molecule has 2 aromatic rings. The van der Waals surface area contributed by atoms with Crippen LogP contribution in [0.15, 0.2) is 48.5 Å². The van der Waals surface area contributed by atoms with Crippen LogP contribution in [0.4, 0.5) is 4.79 Å². The highest BCUT2D eigenvalue weighted by Gasteiger charge is 2.35. The number of carbonyl (C=O) groups is 4. The Morgan fingerprint density at radius 1 is 1.03 bits per heavy atom. The third-order valence-electron chi connectivity index (χ3n) is 4.97. The fourth-order valence-corrected chi connectivity index (χ4v) is 3.72. The van der Waals surface area contributed by atoms with Gasteiger partial charge in [-0.3, -0.25) is 9.59 Å². The molecule has 2 atom stereocenters. The van der Waals surface area contributed by atoms with Crippen molar-refractivity contribution in [2.45, 2.75) is 31.4 Å². The van der Waals surface area contributed by atoms with Crippen molar-refractivity contribution in [1.82, 2.24) is 5.32 Å². The van der Waals surface area contributed by atoms with Crippen molar-refractivity contribution in [3.05, 3.63) is 59.7 Å². The highest BCUT2D eigenvalue weighted by Crippen LogP contribution is 2.44. The van der Waals surface area contributed by atoms with Crippen LogP contribution in [0, 0.1) is 0 Å².